The zero-order chi connectivity index (χ0) is 11.1. The van der Waals surface area contributed by atoms with Crippen molar-refractivity contribution in [1.82, 2.24) is 10.3 Å². The Kier molecular flexibility index (Phi) is 5.12. The molecule has 1 aromatic rings. The summed E-state index contributed by atoms with van der Waals surface area (Å²) in [6.45, 7) is 6.51. The SMILES string of the molecule is CCNCC(C)CCc1cnccc1N. The van der Waals surface area contributed by atoms with Crippen molar-refractivity contribution >= 4 is 5.69 Å². The Hall–Kier alpha value is -1.09. The highest BCUT2D eigenvalue weighted by Crippen LogP contribution is 2.14. The molecule has 0 amide bonds. The van der Waals surface area contributed by atoms with E-state index in [9.17, 15) is 0 Å². The molecule has 1 unspecified atom stereocenters. The van der Waals surface area contributed by atoms with Gasteiger partial charge in [-0.1, -0.05) is 13.8 Å². The molecule has 1 aromatic heterocycles. The van der Waals surface area contributed by atoms with Gasteiger partial charge in [-0.05, 0) is 43.5 Å². The van der Waals surface area contributed by atoms with Crippen LogP contribution < -0.4 is 11.1 Å². The van der Waals surface area contributed by atoms with Crippen molar-refractivity contribution in [2.75, 3.05) is 18.8 Å². The number of hydrogen-bond donors (Lipinski definition) is 2. The number of aromatic nitrogens is 1. The number of anilines is 1. The zero-order valence-corrected chi connectivity index (χ0v) is 9.66. The van der Waals surface area contributed by atoms with Gasteiger partial charge in [-0.2, -0.15) is 0 Å². The van der Waals surface area contributed by atoms with Crippen LogP contribution in [0.3, 0.4) is 0 Å². The third-order valence-corrected chi connectivity index (χ3v) is 2.59. The van der Waals surface area contributed by atoms with Crippen LogP contribution in [-0.4, -0.2) is 18.1 Å². The molecule has 0 fully saturated rings. The van der Waals surface area contributed by atoms with E-state index in [4.69, 9.17) is 5.73 Å². The lowest BCUT2D eigenvalue weighted by Crippen LogP contribution is -2.21. The third-order valence-electron chi connectivity index (χ3n) is 2.59. The molecule has 1 rings (SSSR count). The molecule has 3 N–H and O–H groups in total. The summed E-state index contributed by atoms with van der Waals surface area (Å²) in [4.78, 5) is 4.09. The Morgan fingerprint density at radius 2 is 2.33 bits per heavy atom. The first-order chi connectivity index (χ1) is 7.24. The zero-order valence-electron chi connectivity index (χ0n) is 9.66. The summed E-state index contributed by atoms with van der Waals surface area (Å²) >= 11 is 0. The Labute approximate surface area is 92.1 Å². The standard InChI is InChI=1S/C12H21N3/c1-3-14-8-10(2)4-5-11-9-15-7-6-12(11)13/h6-7,9-10,14H,3-5,8H2,1-2H3,(H2,13,15). The predicted octanol–water partition coefficient (Wildman–Crippen LogP) is 1.84. The van der Waals surface area contributed by atoms with E-state index in [0.717, 1.165) is 31.6 Å². The molecule has 1 heterocycles. The minimum absolute atomic E-state index is 0.685. The van der Waals surface area contributed by atoms with Crippen molar-refractivity contribution < 1.29 is 0 Å². The Balaban J connectivity index is 2.33. The van der Waals surface area contributed by atoms with Crippen molar-refractivity contribution in [3.8, 4) is 0 Å². The van der Waals surface area contributed by atoms with Gasteiger partial charge in [0.15, 0.2) is 0 Å². The number of rotatable bonds is 6. The number of aryl methyl sites for hydroxylation is 1. The number of nitrogen functional groups attached to an aromatic ring is 1. The van der Waals surface area contributed by atoms with E-state index < -0.39 is 0 Å². The number of pyridine rings is 1. The summed E-state index contributed by atoms with van der Waals surface area (Å²) in [5, 5.41) is 3.35. The lowest BCUT2D eigenvalue weighted by molar-refractivity contribution is 0.489. The lowest BCUT2D eigenvalue weighted by Gasteiger charge is -2.12. The molecule has 0 aromatic carbocycles. The number of nitrogens with zero attached hydrogens (tertiary/aromatic N) is 1. The van der Waals surface area contributed by atoms with Crippen molar-refractivity contribution in [3.63, 3.8) is 0 Å². The smallest absolute Gasteiger partial charge is 0.0377 e. The fourth-order valence-corrected chi connectivity index (χ4v) is 1.54. The normalized spacial score (nSPS) is 12.7. The highest BCUT2D eigenvalue weighted by molar-refractivity contribution is 5.44. The summed E-state index contributed by atoms with van der Waals surface area (Å²) in [7, 11) is 0. The van der Waals surface area contributed by atoms with Gasteiger partial charge in [0.2, 0.25) is 0 Å². The fourth-order valence-electron chi connectivity index (χ4n) is 1.54. The second kappa shape index (κ2) is 6.40. The molecule has 0 saturated heterocycles. The van der Waals surface area contributed by atoms with Crippen molar-refractivity contribution in [2.24, 2.45) is 5.92 Å². The summed E-state index contributed by atoms with van der Waals surface area (Å²) in [5.74, 6) is 0.685. The lowest BCUT2D eigenvalue weighted by atomic mass is 10.0. The van der Waals surface area contributed by atoms with E-state index in [0.29, 0.717) is 5.92 Å². The van der Waals surface area contributed by atoms with E-state index in [1.807, 2.05) is 12.3 Å². The first kappa shape index (κ1) is 12.0. The van der Waals surface area contributed by atoms with Crippen molar-refractivity contribution in [3.05, 3.63) is 24.0 Å². The van der Waals surface area contributed by atoms with Crippen LogP contribution in [0.5, 0.6) is 0 Å². The van der Waals surface area contributed by atoms with E-state index in [1.165, 1.54) is 5.56 Å². The summed E-state index contributed by atoms with van der Waals surface area (Å²) in [6, 6.07) is 1.87. The minimum Gasteiger partial charge on any atom is -0.398 e. The van der Waals surface area contributed by atoms with Gasteiger partial charge in [-0.3, -0.25) is 4.98 Å². The fraction of sp³-hybridized carbons (Fsp3) is 0.583. The molecule has 84 valence electrons. The molecule has 3 nitrogen and oxygen atoms in total. The molecule has 15 heavy (non-hydrogen) atoms. The van der Waals surface area contributed by atoms with Crippen LogP contribution in [0.1, 0.15) is 25.8 Å². The Morgan fingerprint density at radius 3 is 3.00 bits per heavy atom. The Morgan fingerprint density at radius 1 is 1.53 bits per heavy atom. The molecule has 0 bridgehead atoms. The average molecular weight is 207 g/mol. The van der Waals surface area contributed by atoms with Gasteiger partial charge < -0.3 is 11.1 Å². The van der Waals surface area contributed by atoms with Crippen LogP contribution in [0, 0.1) is 5.92 Å². The summed E-state index contributed by atoms with van der Waals surface area (Å²) < 4.78 is 0. The van der Waals surface area contributed by atoms with Crippen LogP contribution in [-0.2, 0) is 6.42 Å². The van der Waals surface area contributed by atoms with Gasteiger partial charge in [0.25, 0.3) is 0 Å². The van der Waals surface area contributed by atoms with Gasteiger partial charge in [0, 0.05) is 18.1 Å². The largest absolute Gasteiger partial charge is 0.398 e. The number of nitrogens with one attached hydrogen (secondary N) is 1. The second-order valence-electron chi connectivity index (χ2n) is 4.03. The molecular weight excluding hydrogens is 186 g/mol. The van der Waals surface area contributed by atoms with Gasteiger partial charge in [0.05, 0.1) is 0 Å². The summed E-state index contributed by atoms with van der Waals surface area (Å²) in [6.07, 6.45) is 5.78. The van der Waals surface area contributed by atoms with E-state index in [1.54, 1.807) is 6.20 Å². The monoisotopic (exact) mass is 207 g/mol. The molecule has 3 heteroatoms. The molecular formula is C12H21N3. The number of nitrogens with two attached hydrogens (primary N) is 1. The van der Waals surface area contributed by atoms with Gasteiger partial charge in [-0.25, -0.2) is 0 Å². The topological polar surface area (TPSA) is 50.9 Å². The highest BCUT2D eigenvalue weighted by atomic mass is 14.8. The van der Waals surface area contributed by atoms with Crippen LogP contribution in [0.15, 0.2) is 18.5 Å². The quantitative estimate of drug-likeness (QED) is 0.748. The molecule has 1 atom stereocenters. The van der Waals surface area contributed by atoms with Crippen LogP contribution in [0.4, 0.5) is 5.69 Å². The first-order valence-corrected chi connectivity index (χ1v) is 5.63. The minimum atomic E-state index is 0.685. The molecule has 0 saturated carbocycles. The van der Waals surface area contributed by atoms with E-state index in [-0.39, 0.29) is 0 Å². The molecule has 0 radical (unpaired) electrons. The third kappa shape index (κ3) is 4.30. The average Bonchev–Trinajstić information content (AvgIpc) is 2.25. The maximum Gasteiger partial charge on any atom is 0.0377 e. The van der Waals surface area contributed by atoms with Gasteiger partial charge >= 0.3 is 0 Å². The molecule has 0 aliphatic heterocycles. The van der Waals surface area contributed by atoms with Crippen LogP contribution in [0.25, 0.3) is 0 Å². The van der Waals surface area contributed by atoms with E-state index >= 15 is 0 Å². The van der Waals surface area contributed by atoms with Crippen LogP contribution >= 0.6 is 0 Å². The summed E-state index contributed by atoms with van der Waals surface area (Å²) in [5.41, 5.74) is 7.88. The van der Waals surface area contributed by atoms with E-state index in [2.05, 4.69) is 24.1 Å². The van der Waals surface area contributed by atoms with Crippen molar-refractivity contribution in [2.45, 2.75) is 26.7 Å². The second-order valence-corrected chi connectivity index (χ2v) is 4.03. The Bertz CT molecular complexity index is 286. The maximum absolute atomic E-state index is 5.85. The highest BCUT2D eigenvalue weighted by Gasteiger charge is 2.04. The first-order valence-electron chi connectivity index (χ1n) is 5.63. The van der Waals surface area contributed by atoms with Gasteiger partial charge in [-0.15, -0.1) is 0 Å². The number of hydrogen-bond acceptors (Lipinski definition) is 3. The van der Waals surface area contributed by atoms with Crippen LogP contribution in [0.2, 0.25) is 0 Å². The molecule has 0 spiro atoms. The predicted molar refractivity (Wildman–Crippen MR) is 64.7 cm³/mol. The van der Waals surface area contributed by atoms with Gasteiger partial charge in [0.1, 0.15) is 0 Å². The van der Waals surface area contributed by atoms with Crippen molar-refractivity contribution in [1.29, 1.82) is 0 Å². The maximum atomic E-state index is 5.85. The molecule has 0 aliphatic rings. The molecule has 0 aliphatic carbocycles.